The minimum Gasteiger partial charge on any atom is -0.480 e. The van der Waals surface area contributed by atoms with Gasteiger partial charge >= 0.3 is 23.9 Å². The largest absolute Gasteiger partial charge is 0.480 e. The molecule has 0 amide bonds. The number of carbonyl (C=O) groups is 4. The molecule has 10 heteroatoms. The van der Waals surface area contributed by atoms with E-state index in [4.69, 9.17) is 15.3 Å². The highest BCUT2D eigenvalue weighted by Gasteiger charge is 2.35. The molecule has 1 atom stereocenters. The molecular formula is C16H26N2O8. The molecule has 1 saturated carbocycles. The summed E-state index contributed by atoms with van der Waals surface area (Å²) in [6, 6.07) is -0.983. The van der Waals surface area contributed by atoms with Crippen LogP contribution in [-0.4, -0.2) is 92.9 Å². The number of rotatable bonds is 12. The maximum absolute atomic E-state index is 11.8. The molecule has 148 valence electrons. The molecule has 1 aliphatic carbocycles. The van der Waals surface area contributed by atoms with Gasteiger partial charge in [0, 0.05) is 13.1 Å². The van der Waals surface area contributed by atoms with Crippen LogP contribution in [0.2, 0.25) is 0 Å². The first-order valence-corrected chi connectivity index (χ1v) is 8.55. The average Bonchev–Trinajstić information content (AvgIpc) is 2.51. The molecule has 26 heavy (non-hydrogen) atoms. The Morgan fingerprint density at radius 1 is 0.769 bits per heavy atom. The van der Waals surface area contributed by atoms with Crippen molar-refractivity contribution >= 4 is 23.9 Å². The third-order valence-corrected chi connectivity index (χ3v) is 4.50. The van der Waals surface area contributed by atoms with E-state index >= 15 is 0 Å². The van der Waals surface area contributed by atoms with Gasteiger partial charge < -0.3 is 20.4 Å². The van der Waals surface area contributed by atoms with Crippen molar-refractivity contribution in [1.29, 1.82) is 0 Å². The van der Waals surface area contributed by atoms with Crippen LogP contribution in [0.15, 0.2) is 0 Å². The van der Waals surface area contributed by atoms with E-state index in [1.807, 2.05) is 0 Å². The van der Waals surface area contributed by atoms with Gasteiger partial charge in [0.15, 0.2) is 0 Å². The molecule has 1 unspecified atom stereocenters. The van der Waals surface area contributed by atoms with Crippen LogP contribution in [-0.2, 0) is 19.2 Å². The molecule has 0 saturated heterocycles. The van der Waals surface area contributed by atoms with Crippen LogP contribution in [0.5, 0.6) is 0 Å². The van der Waals surface area contributed by atoms with E-state index in [1.54, 1.807) is 0 Å². The summed E-state index contributed by atoms with van der Waals surface area (Å²) >= 11 is 0. The van der Waals surface area contributed by atoms with Crippen LogP contribution in [0.3, 0.4) is 0 Å². The summed E-state index contributed by atoms with van der Waals surface area (Å²) in [6.07, 6.45) is 4.19. The van der Waals surface area contributed by atoms with Crippen LogP contribution in [0, 0.1) is 5.92 Å². The van der Waals surface area contributed by atoms with E-state index in [0.29, 0.717) is 12.8 Å². The Balaban J connectivity index is 2.87. The molecule has 0 radical (unpaired) electrons. The van der Waals surface area contributed by atoms with Gasteiger partial charge in [0.05, 0.1) is 19.6 Å². The number of aliphatic carboxylic acids is 4. The third kappa shape index (κ3) is 7.79. The summed E-state index contributed by atoms with van der Waals surface area (Å²) in [6.45, 7) is -1.63. The van der Waals surface area contributed by atoms with Gasteiger partial charge in [-0.1, -0.05) is 19.3 Å². The molecule has 0 bridgehead atoms. The average molecular weight is 374 g/mol. The Kier molecular flexibility index (Phi) is 9.00. The van der Waals surface area contributed by atoms with Crippen molar-refractivity contribution < 1.29 is 39.6 Å². The number of carboxylic acids is 4. The molecule has 0 spiro atoms. The second-order valence-corrected chi connectivity index (χ2v) is 6.54. The summed E-state index contributed by atoms with van der Waals surface area (Å²) < 4.78 is 0. The zero-order valence-corrected chi connectivity index (χ0v) is 14.5. The minimum absolute atomic E-state index is 0.0413. The lowest BCUT2D eigenvalue weighted by Crippen LogP contribution is -2.51. The van der Waals surface area contributed by atoms with Gasteiger partial charge in [-0.25, -0.2) is 0 Å². The maximum Gasteiger partial charge on any atom is 0.321 e. The number of nitrogens with zero attached hydrogens (tertiary/aromatic N) is 2. The fourth-order valence-corrected chi connectivity index (χ4v) is 3.46. The Bertz CT molecular complexity index is 502. The first-order chi connectivity index (χ1) is 12.2. The zero-order valence-electron chi connectivity index (χ0n) is 14.5. The quantitative estimate of drug-likeness (QED) is 0.363. The molecular weight excluding hydrogens is 348 g/mol. The van der Waals surface area contributed by atoms with E-state index in [-0.39, 0.29) is 19.0 Å². The third-order valence-electron chi connectivity index (χ3n) is 4.50. The Labute approximate surface area is 151 Å². The van der Waals surface area contributed by atoms with Crippen molar-refractivity contribution in [3.63, 3.8) is 0 Å². The normalized spacial score (nSPS) is 16.5. The molecule has 0 aliphatic heterocycles. The maximum atomic E-state index is 11.8. The second kappa shape index (κ2) is 10.7. The highest BCUT2D eigenvalue weighted by Crippen LogP contribution is 2.29. The van der Waals surface area contributed by atoms with Gasteiger partial charge in [-0.15, -0.1) is 0 Å². The summed E-state index contributed by atoms with van der Waals surface area (Å²) in [4.78, 5) is 47.1. The first-order valence-electron chi connectivity index (χ1n) is 8.55. The summed E-state index contributed by atoms with van der Waals surface area (Å²) in [7, 11) is 0. The first kappa shape index (κ1) is 21.8. The highest BCUT2D eigenvalue weighted by molar-refractivity contribution is 5.76. The lowest BCUT2D eigenvalue weighted by Gasteiger charge is -2.36. The number of hydrogen-bond donors (Lipinski definition) is 4. The van der Waals surface area contributed by atoms with Gasteiger partial charge in [0.25, 0.3) is 0 Å². The van der Waals surface area contributed by atoms with Gasteiger partial charge in [-0.05, 0) is 18.8 Å². The lowest BCUT2D eigenvalue weighted by atomic mass is 9.83. The molecule has 4 N–H and O–H groups in total. The molecule has 0 heterocycles. The summed E-state index contributed by atoms with van der Waals surface area (Å²) in [5.41, 5.74) is 0. The van der Waals surface area contributed by atoms with Gasteiger partial charge in [-0.2, -0.15) is 0 Å². The fourth-order valence-electron chi connectivity index (χ4n) is 3.46. The van der Waals surface area contributed by atoms with Crippen LogP contribution < -0.4 is 0 Å². The summed E-state index contributed by atoms with van der Waals surface area (Å²) in [5, 5.41) is 36.5. The predicted molar refractivity (Wildman–Crippen MR) is 88.9 cm³/mol. The van der Waals surface area contributed by atoms with E-state index < -0.39 is 49.6 Å². The standard InChI is InChI=1S/C16H26N2O8/c19-12(20)8-17(9-13(21)22)6-7-18(10-14(23)24)15(16(25)26)11-4-2-1-3-5-11/h11,15H,1-10H2,(H,19,20)(H,21,22)(H,23,24)(H,25,26). The van der Waals surface area contributed by atoms with Crippen LogP contribution in [0.25, 0.3) is 0 Å². The Morgan fingerprint density at radius 2 is 1.27 bits per heavy atom. The van der Waals surface area contributed by atoms with Crippen LogP contribution in [0.1, 0.15) is 32.1 Å². The molecule has 0 aromatic carbocycles. The van der Waals surface area contributed by atoms with Gasteiger partial charge in [-0.3, -0.25) is 29.0 Å². The van der Waals surface area contributed by atoms with E-state index in [9.17, 15) is 24.3 Å². The van der Waals surface area contributed by atoms with E-state index in [1.165, 1.54) is 4.90 Å². The van der Waals surface area contributed by atoms with Crippen molar-refractivity contribution in [2.75, 3.05) is 32.7 Å². The van der Waals surface area contributed by atoms with Crippen molar-refractivity contribution in [3.8, 4) is 0 Å². The molecule has 1 rings (SSSR count). The lowest BCUT2D eigenvalue weighted by molar-refractivity contribution is -0.150. The molecule has 1 fully saturated rings. The van der Waals surface area contributed by atoms with Crippen LogP contribution in [0.4, 0.5) is 0 Å². The minimum atomic E-state index is -1.21. The van der Waals surface area contributed by atoms with Crippen molar-refractivity contribution in [3.05, 3.63) is 0 Å². The van der Waals surface area contributed by atoms with Crippen molar-refractivity contribution in [2.24, 2.45) is 5.92 Å². The topological polar surface area (TPSA) is 156 Å². The van der Waals surface area contributed by atoms with Crippen molar-refractivity contribution in [1.82, 2.24) is 9.80 Å². The smallest absolute Gasteiger partial charge is 0.321 e. The highest BCUT2D eigenvalue weighted by atomic mass is 16.4. The van der Waals surface area contributed by atoms with Gasteiger partial charge in [0.1, 0.15) is 6.04 Å². The van der Waals surface area contributed by atoms with Crippen molar-refractivity contribution in [2.45, 2.75) is 38.1 Å². The monoisotopic (exact) mass is 374 g/mol. The SMILES string of the molecule is O=C(O)CN(CCN(CC(=O)O)C(C(=O)O)C1CCCCC1)CC(=O)O. The number of hydrogen-bond acceptors (Lipinski definition) is 6. The number of carboxylic acid groups (broad SMARTS) is 4. The molecule has 10 nitrogen and oxygen atoms in total. The zero-order chi connectivity index (χ0) is 19.7. The van der Waals surface area contributed by atoms with E-state index in [2.05, 4.69) is 0 Å². The van der Waals surface area contributed by atoms with Gasteiger partial charge in [0.2, 0.25) is 0 Å². The molecule has 0 aromatic heterocycles. The molecule has 0 aromatic rings. The molecule has 1 aliphatic rings. The predicted octanol–water partition coefficient (Wildman–Crippen LogP) is -0.122. The Morgan fingerprint density at radius 3 is 1.69 bits per heavy atom. The fraction of sp³-hybridized carbons (Fsp3) is 0.750. The van der Waals surface area contributed by atoms with E-state index in [0.717, 1.165) is 24.2 Å². The Hall–Kier alpha value is -2.20. The second-order valence-electron chi connectivity index (χ2n) is 6.54. The van der Waals surface area contributed by atoms with Crippen LogP contribution >= 0.6 is 0 Å². The summed E-state index contributed by atoms with van der Waals surface area (Å²) in [5.74, 6) is -4.89.